The van der Waals surface area contributed by atoms with Gasteiger partial charge in [-0.15, -0.1) is 0 Å². The van der Waals surface area contributed by atoms with Gasteiger partial charge in [-0.25, -0.2) is 4.79 Å². The maximum absolute atomic E-state index is 13.2. The lowest BCUT2D eigenvalue weighted by atomic mass is 9.69. The van der Waals surface area contributed by atoms with E-state index in [1.807, 2.05) is 13.8 Å². The fourth-order valence-electron chi connectivity index (χ4n) is 4.50. The topological polar surface area (TPSA) is 116 Å². The molecule has 0 saturated carbocycles. The van der Waals surface area contributed by atoms with Crippen LogP contribution >= 0.6 is 0 Å². The maximum atomic E-state index is 13.2. The van der Waals surface area contributed by atoms with Crippen molar-refractivity contribution < 1.29 is 9.72 Å². The molecule has 1 aromatic heterocycles. The number of carbonyl (C=O) groups is 1. The van der Waals surface area contributed by atoms with Crippen molar-refractivity contribution in [1.29, 1.82) is 0 Å². The van der Waals surface area contributed by atoms with Gasteiger partial charge in [-0.1, -0.05) is 26.0 Å². The lowest BCUT2D eigenvalue weighted by Crippen LogP contribution is -2.45. The number of nitro groups is 1. The summed E-state index contributed by atoms with van der Waals surface area (Å²) in [5.41, 5.74) is 0.388. The highest BCUT2D eigenvalue weighted by Gasteiger charge is 2.43. The zero-order chi connectivity index (χ0) is 22.0. The number of non-ortho nitro benzene ring substituents is 1. The van der Waals surface area contributed by atoms with Gasteiger partial charge < -0.3 is 5.32 Å². The van der Waals surface area contributed by atoms with Gasteiger partial charge in [0.1, 0.15) is 5.82 Å². The van der Waals surface area contributed by atoms with Crippen molar-refractivity contribution in [3.63, 3.8) is 0 Å². The molecule has 0 unspecified atom stereocenters. The van der Waals surface area contributed by atoms with E-state index in [2.05, 4.69) is 5.32 Å². The number of Topliss-reactive ketones (excluding diaryl/α,β-unsaturated/α-hetero) is 1. The summed E-state index contributed by atoms with van der Waals surface area (Å²) in [7, 11) is 2.94. The highest BCUT2D eigenvalue weighted by molar-refractivity contribution is 6.01. The molecule has 0 fully saturated rings. The van der Waals surface area contributed by atoms with Crippen molar-refractivity contribution in [2.45, 2.75) is 32.6 Å². The van der Waals surface area contributed by atoms with E-state index in [0.29, 0.717) is 35.5 Å². The number of nitrogens with one attached hydrogen (secondary N) is 1. The normalized spacial score (nSPS) is 19.7. The largest absolute Gasteiger partial charge is 0.344 e. The molecule has 4 rings (SSSR count). The van der Waals surface area contributed by atoms with Crippen molar-refractivity contribution in [2.75, 3.05) is 5.32 Å². The van der Waals surface area contributed by atoms with Crippen molar-refractivity contribution >= 4 is 17.3 Å². The summed E-state index contributed by atoms with van der Waals surface area (Å²) in [5, 5.41) is 14.5. The fraction of sp³-hybridized carbons (Fsp3) is 0.381. The van der Waals surface area contributed by atoms with Gasteiger partial charge in [-0.2, -0.15) is 0 Å². The maximum Gasteiger partial charge on any atom is 0.332 e. The first-order chi connectivity index (χ1) is 14.0. The van der Waals surface area contributed by atoms with E-state index in [4.69, 9.17) is 0 Å². The summed E-state index contributed by atoms with van der Waals surface area (Å²) < 4.78 is 2.34. The highest BCUT2D eigenvalue weighted by Crippen LogP contribution is 2.47. The van der Waals surface area contributed by atoms with Gasteiger partial charge in [0, 0.05) is 49.8 Å². The summed E-state index contributed by atoms with van der Waals surface area (Å²) in [6, 6.07) is 5.97. The van der Waals surface area contributed by atoms with E-state index in [0.717, 1.165) is 4.57 Å². The summed E-state index contributed by atoms with van der Waals surface area (Å²) in [6.45, 7) is 3.97. The van der Waals surface area contributed by atoms with Crippen molar-refractivity contribution in [1.82, 2.24) is 9.13 Å². The molecule has 2 aliphatic rings. The zero-order valence-corrected chi connectivity index (χ0v) is 17.2. The molecule has 0 bridgehead atoms. The zero-order valence-electron chi connectivity index (χ0n) is 17.2. The molecular weight excluding hydrogens is 388 g/mol. The van der Waals surface area contributed by atoms with E-state index in [-0.39, 0.29) is 22.4 Å². The fourth-order valence-corrected chi connectivity index (χ4v) is 4.50. The van der Waals surface area contributed by atoms with Gasteiger partial charge in [-0.3, -0.25) is 28.8 Å². The predicted octanol–water partition coefficient (Wildman–Crippen LogP) is 2.19. The molecule has 2 heterocycles. The lowest BCUT2D eigenvalue weighted by molar-refractivity contribution is -0.384. The van der Waals surface area contributed by atoms with Gasteiger partial charge in [0.05, 0.1) is 10.5 Å². The van der Waals surface area contributed by atoms with Crippen LogP contribution in [0.25, 0.3) is 0 Å². The number of ketones is 1. The van der Waals surface area contributed by atoms with E-state index in [1.54, 1.807) is 19.2 Å². The average molecular weight is 410 g/mol. The van der Waals surface area contributed by atoms with E-state index in [1.165, 1.54) is 23.7 Å². The molecule has 9 nitrogen and oxygen atoms in total. The van der Waals surface area contributed by atoms with Crippen LogP contribution in [0.4, 0.5) is 11.5 Å². The molecule has 0 amide bonds. The number of anilines is 1. The summed E-state index contributed by atoms with van der Waals surface area (Å²) >= 11 is 0. The second-order valence-electron chi connectivity index (χ2n) is 8.71. The second kappa shape index (κ2) is 6.51. The van der Waals surface area contributed by atoms with E-state index in [9.17, 15) is 24.5 Å². The third kappa shape index (κ3) is 2.89. The van der Waals surface area contributed by atoms with Crippen molar-refractivity contribution in [3.05, 3.63) is 77.6 Å². The monoisotopic (exact) mass is 410 g/mol. The van der Waals surface area contributed by atoms with Gasteiger partial charge >= 0.3 is 5.69 Å². The quantitative estimate of drug-likeness (QED) is 0.599. The van der Waals surface area contributed by atoms with Crippen LogP contribution < -0.4 is 16.6 Å². The van der Waals surface area contributed by atoms with Crippen LogP contribution in [0, 0.1) is 15.5 Å². The lowest BCUT2D eigenvalue weighted by Gasteiger charge is -2.39. The molecule has 1 aliphatic heterocycles. The van der Waals surface area contributed by atoms with Crippen LogP contribution in [0.3, 0.4) is 0 Å². The number of nitrogens with zero attached hydrogens (tertiary/aromatic N) is 3. The third-order valence-corrected chi connectivity index (χ3v) is 5.88. The number of fused-ring (bicyclic) bond motifs is 1. The number of hydrogen-bond acceptors (Lipinski definition) is 6. The molecule has 1 N–H and O–H groups in total. The van der Waals surface area contributed by atoms with Crippen LogP contribution in [-0.2, 0) is 18.9 Å². The number of allylic oxidation sites excluding steroid dienone is 2. The third-order valence-electron chi connectivity index (χ3n) is 5.88. The molecule has 1 atom stereocenters. The number of nitro benzene ring substituents is 1. The van der Waals surface area contributed by atoms with E-state index >= 15 is 0 Å². The summed E-state index contributed by atoms with van der Waals surface area (Å²) in [4.78, 5) is 49.7. The average Bonchev–Trinajstić information content (AvgIpc) is 2.68. The minimum absolute atomic E-state index is 0.105. The Labute approximate surface area is 171 Å². The predicted molar refractivity (Wildman–Crippen MR) is 111 cm³/mol. The number of aromatic nitrogens is 2. The minimum Gasteiger partial charge on any atom is -0.344 e. The first-order valence-electron chi connectivity index (χ1n) is 9.59. The van der Waals surface area contributed by atoms with Crippen LogP contribution in [-0.4, -0.2) is 19.8 Å². The van der Waals surface area contributed by atoms with Gasteiger partial charge in [0.25, 0.3) is 11.2 Å². The first-order valence-corrected chi connectivity index (χ1v) is 9.59. The van der Waals surface area contributed by atoms with Crippen molar-refractivity contribution in [3.8, 4) is 0 Å². The minimum atomic E-state index is -0.787. The molecule has 156 valence electrons. The Hall–Kier alpha value is -3.49. The highest BCUT2D eigenvalue weighted by atomic mass is 16.6. The molecule has 2 aromatic rings. The van der Waals surface area contributed by atoms with E-state index < -0.39 is 22.1 Å². The van der Waals surface area contributed by atoms with Gasteiger partial charge in [0.15, 0.2) is 5.78 Å². The Balaban J connectivity index is 2.08. The molecular formula is C21H22N4O5. The SMILES string of the molecule is Cn1c2c(c(=O)n(C)c1=O)[C@H](c1cccc([N+](=O)[O-])c1)C1=C(CC(C)(C)CC1=O)N2. The standard InChI is InChI=1S/C21H22N4O5/c1-21(2)9-13-16(14(26)10-21)15(11-6-5-7-12(8-11)25(29)30)17-18(22-13)23(3)20(28)24(4)19(17)27/h5-8,15,22H,9-10H2,1-4H3/t15-/m1/s1. The first kappa shape index (κ1) is 19.8. The number of benzene rings is 1. The van der Waals surface area contributed by atoms with Crippen LogP contribution in [0.1, 0.15) is 43.7 Å². The molecule has 0 radical (unpaired) electrons. The number of rotatable bonds is 2. The molecule has 9 heteroatoms. The Kier molecular flexibility index (Phi) is 4.30. The number of hydrogen-bond donors (Lipinski definition) is 1. The molecule has 1 aliphatic carbocycles. The smallest absolute Gasteiger partial charge is 0.332 e. The Bertz CT molecular complexity index is 1270. The van der Waals surface area contributed by atoms with Crippen LogP contribution in [0.2, 0.25) is 0 Å². The number of carbonyl (C=O) groups excluding carboxylic acids is 1. The van der Waals surface area contributed by atoms with Gasteiger partial charge in [-0.05, 0) is 17.4 Å². The Morgan fingerprint density at radius 2 is 1.83 bits per heavy atom. The second-order valence-corrected chi connectivity index (χ2v) is 8.71. The molecule has 0 spiro atoms. The Morgan fingerprint density at radius 1 is 1.13 bits per heavy atom. The van der Waals surface area contributed by atoms with Gasteiger partial charge in [0.2, 0.25) is 0 Å². The van der Waals surface area contributed by atoms with Crippen LogP contribution in [0.5, 0.6) is 0 Å². The molecule has 0 saturated heterocycles. The summed E-state index contributed by atoms with van der Waals surface area (Å²) in [6.07, 6.45) is 0.864. The molecule has 1 aromatic carbocycles. The summed E-state index contributed by atoms with van der Waals surface area (Å²) in [5.74, 6) is -0.569. The van der Waals surface area contributed by atoms with Crippen molar-refractivity contribution in [2.24, 2.45) is 19.5 Å². The molecule has 30 heavy (non-hydrogen) atoms. The van der Waals surface area contributed by atoms with Crippen LogP contribution in [0.15, 0.2) is 45.1 Å². The Morgan fingerprint density at radius 3 is 2.50 bits per heavy atom.